The lowest BCUT2D eigenvalue weighted by Crippen LogP contribution is -2.09. The van der Waals surface area contributed by atoms with Crippen molar-refractivity contribution < 1.29 is 14.2 Å². The van der Waals surface area contributed by atoms with E-state index in [1.165, 1.54) is 18.2 Å². The number of phenols is 1. The van der Waals surface area contributed by atoms with Crippen LogP contribution in [0.15, 0.2) is 36.4 Å². The Morgan fingerprint density at radius 1 is 1.29 bits per heavy atom. The molecule has 21 heavy (non-hydrogen) atoms. The Hall–Kier alpha value is -1.94. The van der Waals surface area contributed by atoms with Crippen LogP contribution in [0.1, 0.15) is 25.5 Å². The van der Waals surface area contributed by atoms with Crippen LogP contribution in [0.4, 0.5) is 10.1 Å². The Balaban J connectivity index is 2.28. The van der Waals surface area contributed by atoms with Gasteiger partial charge >= 0.3 is 0 Å². The molecule has 0 spiro atoms. The molecule has 0 amide bonds. The van der Waals surface area contributed by atoms with E-state index in [4.69, 9.17) is 16.3 Å². The molecule has 0 saturated heterocycles. The van der Waals surface area contributed by atoms with E-state index in [1.54, 1.807) is 18.2 Å². The minimum Gasteiger partial charge on any atom is -0.508 e. The Labute approximate surface area is 128 Å². The van der Waals surface area contributed by atoms with Crippen LogP contribution < -0.4 is 10.1 Å². The van der Waals surface area contributed by atoms with Crippen molar-refractivity contribution in [2.75, 3.05) is 11.9 Å². The molecule has 0 aliphatic heterocycles. The molecule has 5 heteroatoms. The van der Waals surface area contributed by atoms with E-state index in [-0.39, 0.29) is 11.8 Å². The SMILES string of the molecule is CCOc1ccc(Cl)cc1NC(C)c1cc(F)ccc1O. The van der Waals surface area contributed by atoms with Crippen LogP contribution in [0.3, 0.4) is 0 Å². The highest BCUT2D eigenvalue weighted by atomic mass is 35.5. The lowest BCUT2D eigenvalue weighted by atomic mass is 10.1. The van der Waals surface area contributed by atoms with Crippen molar-refractivity contribution >= 4 is 17.3 Å². The molecule has 0 bridgehead atoms. The van der Waals surface area contributed by atoms with Crippen LogP contribution in [0.5, 0.6) is 11.5 Å². The van der Waals surface area contributed by atoms with Crippen LogP contribution >= 0.6 is 11.6 Å². The molecule has 0 fully saturated rings. The number of phenolic OH excluding ortho intramolecular Hbond substituents is 1. The largest absolute Gasteiger partial charge is 0.508 e. The second-order valence-electron chi connectivity index (χ2n) is 4.64. The first kappa shape index (κ1) is 15.4. The van der Waals surface area contributed by atoms with Gasteiger partial charge in [0, 0.05) is 10.6 Å². The quantitative estimate of drug-likeness (QED) is 0.837. The van der Waals surface area contributed by atoms with Gasteiger partial charge in [-0.15, -0.1) is 0 Å². The summed E-state index contributed by atoms with van der Waals surface area (Å²) in [7, 11) is 0. The molecule has 0 aromatic heterocycles. The van der Waals surface area contributed by atoms with E-state index in [1.807, 2.05) is 13.8 Å². The number of ether oxygens (including phenoxy) is 1. The van der Waals surface area contributed by atoms with Gasteiger partial charge < -0.3 is 15.2 Å². The molecule has 0 saturated carbocycles. The summed E-state index contributed by atoms with van der Waals surface area (Å²) in [4.78, 5) is 0. The lowest BCUT2D eigenvalue weighted by molar-refractivity contribution is 0.341. The predicted molar refractivity (Wildman–Crippen MR) is 82.7 cm³/mol. The third-order valence-corrected chi connectivity index (χ3v) is 3.30. The van der Waals surface area contributed by atoms with E-state index in [0.29, 0.717) is 28.6 Å². The van der Waals surface area contributed by atoms with Gasteiger partial charge in [-0.05, 0) is 50.2 Å². The van der Waals surface area contributed by atoms with Crippen molar-refractivity contribution in [3.8, 4) is 11.5 Å². The van der Waals surface area contributed by atoms with Crippen molar-refractivity contribution in [2.24, 2.45) is 0 Å². The minimum absolute atomic E-state index is 0.0383. The number of aromatic hydroxyl groups is 1. The van der Waals surface area contributed by atoms with Gasteiger partial charge in [-0.1, -0.05) is 11.6 Å². The molecule has 2 rings (SSSR count). The monoisotopic (exact) mass is 309 g/mol. The molecule has 112 valence electrons. The topological polar surface area (TPSA) is 41.5 Å². The van der Waals surface area contributed by atoms with Gasteiger partial charge in [0.05, 0.1) is 18.3 Å². The first-order valence-electron chi connectivity index (χ1n) is 6.68. The van der Waals surface area contributed by atoms with Crippen LogP contribution in [0.2, 0.25) is 5.02 Å². The number of anilines is 1. The lowest BCUT2D eigenvalue weighted by Gasteiger charge is -2.19. The van der Waals surface area contributed by atoms with Gasteiger partial charge in [-0.2, -0.15) is 0 Å². The zero-order valence-corrected chi connectivity index (χ0v) is 12.6. The molecular weight excluding hydrogens is 293 g/mol. The molecule has 2 aromatic rings. The number of hydrogen-bond acceptors (Lipinski definition) is 3. The molecule has 2 N–H and O–H groups in total. The third-order valence-electron chi connectivity index (χ3n) is 3.07. The summed E-state index contributed by atoms with van der Waals surface area (Å²) < 4.78 is 18.9. The first-order valence-corrected chi connectivity index (χ1v) is 7.06. The summed E-state index contributed by atoms with van der Waals surface area (Å²) >= 11 is 6.00. The second-order valence-corrected chi connectivity index (χ2v) is 5.08. The molecule has 0 aliphatic carbocycles. The molecule has 0 heterocycles. The molecule has 0 radical (unpaired) electrons. The molecule has 1 unspecified atom stereocenters. The Morgan fingerprint density at radius 3 is 2.76 bits per heavy atom. The molecule has 2 aromatic carbocycles. The summed E-state index contributed by atoms with van der Waals surface area (Å²) in [6, 6.07) is 8.80. The van der Waals surface area contributed by atoms with Gasteiger partial charge in [0.2, 0.25) is 0 Å². The van der Waals surface area contributed by atoms with Crippen molar-refractivity contribution in [1.82, 2.24) is 0 Å². The Bertz CT molecular complexity index is 634. The van der Waals surface area contributed by atoms with Crippen molar-refractivity contribution in [3.05, 3.63) is 52.8 Å². The van der Waals surface area contributed by atoms with Crippen LogP contribution in [0, 0.1) is 5.82 Å². The number of nitrogens with one attached hydrogen (secondary N) is 1. The second kappa shape index (κ2) is 6.68. The van der Waals surface area contributed by atoms with Gasteiger partial charge in [-0.25, -0.2) is 4.39 Å². The van der Waals surface area contributed by atoms with Gasteiger partial charge in [0.15, 0.2) is 0 Å². The van der Waals surface area contributed by atoms with E-state index in [9.17, 15) is 9.50 Å². The van der Waals surface area contributed by atoms with Crippen molar-refractivity contribution in [1.29, 1.82) is 0 Å². The van der Waals surface area contributed by atoms with E-state index in [2.05, 4.69) is 5.32 Å². The normalized spacial score (nSPS) is 12.0. The predicted octanol–water partition coefficient (Wildman–Crippen LogP) is 4.76. The molecule has 1 atom stereocenters. The average Bonchev–Trinajstić information content (AvgIpc) is 2.44. The Kier molecular flexibility index (Phi) is 4.91. The van der Waals surface area contributed by atoms with Gasteiger partial charge in [0.25, 0.3) is 0 Å². The number of benzene rings is 2. The van der Waals surface area contributed by atoms with Gasteiger partial charge in [-0.3, -0.25) is 0 Å². The maximum Gasteiger partial charge on any atom is 0.142 e. The van der Waals surface area contributed by atoms with Crippen molar-refractivity contribution in [2.45, 2.75) is 19.9 Å². The number of halogens is 2. The Morgan fingerprint density at radius 2 is 2.05 bits per heavy atom. The maximum absolute atomic E-state index is 13.3. The van der Waals surface area contributed by atoms with E-state index < -0.39 is 5.82 Å². The highest BCUT2D eigenvalue weighted by Crippen LogP contribution is 2.33. The first-order chi connectivity index (χ1) is 10.0. The third kappa shape index (κ3) is 3.79. The van der Waals surface area contributed by atoms with Crippen LogP contribution in [-0.4, -0.2) is 11.7 Å². The van der Waals surface area contributed by atoms with E-state index in [0.717, 1.165) is 0 Å². The summed E-state index contributed by atoms with van der Waals surface area (Å²) in [6.07, 6.45) is 0. The molecule has 0 aliphatic rings. The zero-order chi connectivity index (χ0) is 15.4. The fourth-order valence-corrected chi connectivity index (χ4v) is 2.25. The average molecular weight is 310 g/mol. The fraction of sp³-hybridized carbons (Fsp3) is 0.250. The standard InChI is InChI=1S/C16H17ClFNO2/c1-3-21-16-7-4-11(17)8-14(16)19-10(2)13-9-12(18)5-6-15(13)20/h4-10,19-20H,3H2,1-2H3. The van der Waals surface area contributed by atoms with Gasteiger partial charge in [0.1, 0.15) is 17.3 Å². The van der Waals surface area contributed by atoms with Crippen LogP contribution in [0.25, 0.3) is 0 Å². The fourth-order valence-electron chi connectivity index (χ4n) is 2.08. The van der Waals surface area contributed by atoms with Crippen LogP contribution in [-0.2, 0) is 0 Å². The summed E-state index contributed by atoms with van der Waals surface area (Å²) in [5, 5.41) is 13.6. The van der Waals surface area contributed by atoms with Crippen molar-refractivity contribution in [3.63, 3.8) is 0 Å². The molecular formula is C16H17ClFNO2. The highest BCUT2D eigenvalue weighted by Gasteiger charge is 2.14. The maximum atomic E-state index is 13.3. The van der Waals surface area contributed by atoms with E-state index >= 15 is 0 Å². The minimum atomic E-state index is -0.396. The highest BCUT2D eigenvalue weighted by molar-refractivity contribution is 6.30. The summed E-state index contributed by atoms with van der Waals surface area (Å²) in [5.74, 6) is 0.300. The molecule has 3 nitrogen and oxygen atoms in total. The number of hydrogen-bond donors (Lipinski definition) is 2. The summed E-state index contributed by atoms with van der Waals surface area (Å²) in [5.41, 5.74) is 1.16. The number of rotatable bonds is 5. The zero-order valence-electron chi connectivity index (χ0n) is 11.9. The summed E-state index contributed by atoms with van der Waals surface area (Å²) in [6.45, 7) is 4.24. The smallest absolute Gasteiger partial charge is 0.142 e.